The zero-order valence-electron chi connectivity index (χ0n) is 16.3. The van der Waals surface area contributed by atoms with Gasteiger partial charge >= 0.3 is 0 Å². The number of rotatable bonds is 2. The number of hydrogen-bond donors (Lipinski definition) is 0. The number of carbonyl (C=O) groups excluding carboxylic acids is 1. The largest absolute Gasteiger partial charge is 0.338 e. The summed E-state index contributed by atoms with van der Waals surface area (Å²) in [5.41, 5.74) is 4.95. The fraction of sp³-hybridized carbons (Fsp3) is 0.435. The van der Waals surface area contributed by atoms with E-state index in [0.717, 1.165) is 30.8 Å². The Labute approximate surface area is 162 Å². The van der Waals surface area contributed by atoms with Crippen LogP contribution in [0.4, 0.5) is 0 Å². The lowest BCUT2D eigenvalue weighted by molar-refractivity contribution is 0.0766. The molecular formula is C23H29NOS. The first-order valence-electron chi connectivity index (χ1n) is 9.43. The molecule has 138 valence electrons. The van der Waals surface area contributed by atoms with Crippen LogP contribution in [0, 0.1) is 6.92 Å². The van der Waals surface area contributed by atoms with Gasteiger partial charge in [0.15, 0.2) is 0 Å². The van der Waals surface area contributed by atoms with E-state index in [1.54, 1.807) is 0 Å². The van der Waals surface area contributed by atoms with Crippen LogP contribution in [0.2, 0.25) is 0 Å². The molecule has 0 saturated carbocycles. The van der Waals surface area contributed by atoms with Gasteiger partial charge in [-0.3, -0.25) is 4.79 Å². The van der Waals surface area contributed by atoms with Crippen LogP contribution in [0.3, 0.4) is 0 Å². The summed E-state index contributed by atoms with van der Waals surface area (Å²) in [7, 11) is 0. The lowest BCUT2D eigenvalue weighted by Crippen LogP contribution is -2.33. The average Bonchev–Trinajstić information content (AvgIpc) is 2.87. The lowest BCUT2D eigenvalue weighted by Gasteiger charge is -2.22. The zero-order chi connectivity index (χ0) is 18.7. The monoisotopic (exact) mass is 367 g/mol. The van der Waals surface area contributed by atoms with Crippen LogP contribution in [-0.2, 0) is 5.41 Å². The molecule has 3 rings (SSSR count). The Morgan fingerprint density at radius 2 is 1.73 bits per heavy atom. The third-order valence-electron chi connectivity index (χ3n) is 5.16. The molecule has 1 aliphatic heterocycles. The summed E-state index contributed by atoms with van der Waals surface area (Å²) >= 11 is 1.98. The van der Waals surface area contributed by atoms with Crippen molar-refractivity contribution in [2.75, 3.05) is 18.8 Å². The molecule has 3 heteroatoms. The Morgan fingerprint density at radius 1 is 1.04 bits per heavy atom. The van der Waals surface area contributed by atoms with Crippen molar-refractivity contribution in [1.82, 2.24) is 4.90 Å². The van der Waals surface area contributed by atoms with E-state index in [4.69, 9.17) is 0 Å². The van der Waals surface area contributed by atoms with Crippen molar-refractivity contribution in [2.24, 2.45) is 0 Å². The van der Waals surface area contributed by atoms with Gasteiger partial charge in [-0.15, -0.1) is 0 Å². The van der Waals surface area contributed by atoms with Gasteiger partial charge in [0.25, 0.3) is 5.91 Å². The lowest BCUT2D eigenvalue weighted by atomic mass is 9.86. The third-order valence-corrected chi connectivity index (χ3v) is 6.47. The number of nitrogens with zero attached hydrogens (tertiary/aromatic N) is 1. The molecule has 1 heterocycles. The van der Waals surface area contributed by atoms with E-state index in [-0.39, 0.29) is 11.3 Å². The maximum Gasteiger partial charge on any atom is 0.253 e. The van der Waals surface area contributed by atoms with Crippen LogP contribution >= 0.6 is 11.8 Å². The Morgan fingerprint density at radius 3 is 2.38 bits per heavy atom. The molecule has 0 aliphatic carbocycles. The summed E-state index contributed by atoms with van der Waals surface area (Å²) in [6, 6.07) is 16.8. The minimum atomic E-state index is 0.113. The van der Waals surface area contributed by atoms with Crippen LogP contribution in [0.5, 0.6) is 0 Å². The predicted octanol–water partition coefficient (Wildman–Crippen LogP) is 5.61. The maximum atomic E-state index is 12.9. The summed E-state index contributed by atoms with van der Waals surface area (Å²) in [5, 5.41) is 0.484. The van der Waals surface area contributed by atoms with Crippen LogP contribution in [-0.4, -0.2) is 29.6 Å². The molecule has 1 amide bonds. The SMILES string of the molecule is Cc1ccccc1C1CCN(C(=O)c2ccc(C(C)(C)C)cc2)CCS1. The van der Waals surface area contributed by atoms with Crippen LogP contribution < -0.4 is 0 Å². The fourth-order valence-corrected chi connectivity index (χ4v) is 4.79. The first-order valence-corrected chi connectivity index (χ1v) is 10.5. The minimum Gasteiger partial charge on any atom is -0.338 e. The second kappa shape index (κ2) is 7.87. The summed E-state index contributed by atoms with van der Waals surface area (Å²) in [5.74, 6) is 1.15. The Hall–Kier alpha value is -1.74. The van der Waals surface area contributed by atoms with Gasteiger partial charge in [0.2, 0.25) is 0 Å². The first kappa shape index (κ1) is 19.0. The van der Waals surface area contributed by atoms with Crippen LogP contribution in [0.15, 0.2) is 48.5 Å². The van der Waals surface area contributed by atoms with E-state index in [2.05, 4.69) is 64.1 Å². The predicted molar refractivity (Wildman–Crippen MR) is 112 cm³/mol. The van der Waals surface area contributed by atoms with E-state index >= 15 is 0 Å². The molecule has 0 spiro atoms. The maximum absolute atomic E-state index is 12.9. The van der Waals surface area contributed by atoms with Crippen LogP contribution in [0.25, 0.3) is 0 Å². The number of carbonyl (C=O) groups is 1. The molecule has 2 aromatic carbocycles. The summed E-state index contributed by atoms with van der Waals surface area (Å²) in [4.78, 5) is 15.0. The van der Waals surface area contributed by atoms with Gasteiger partial charge in [-0.25, -0.2) is 0 Å². The van der Waals surface area contributed by atoms with E-state index in [1.807, 2.05) is 28.8 Å². The highest BCUT2D eigenvalue weighted by Gasteiger charge is 2.24. The molecule has 1 unspecified atom stereocenters. The normalized spacial score (nSPS) is 18.5. The number of hydrogen-bond acceptors (Lipinski definition) is 2. The molecule has 0 bridgehead atoms. The summed E-state index contributed by atoms with van der Waals surface area (Å²) in [6.45, 7) is 10.4. The molecule has 26 heavy (non-hydrogen) atoms. The molecule has 0 N–H and O–H groups in total. The van der Waals surface area contributed by atoms with Crippen molar-refractivity contribution in [2.45, 2.75) is 44.8 Å². The van der Waals surface area contributed by atoms with E-state index < -0.39 is 0 Å². The zero-order valence-corrected chi connectivity index (χ0v) is 17.1. The Bertz CT molecular complexity index is 761. The molecule has 0 radical (unpaired) electrons. The highest BCUT2D eigenvalue weighted by atomic mass is 32.2. The van der Waals surface area contributed by atoms with Gasteiger partial charge in [0.1, 0.15) is 0 Å². The summed E-state index contributed by atoms with van der Waals surface area (Å²) < 4.78 is 0. The average molecular weight is 368 g/mol. The molecule has 1 atom stereocenters. The van der Waals surface area contributed by atoms with Gasteiger partial charge in [-0.2, -0.15) is 11.8 Å². The molecule has 1 aliphatic rings. The van der Waals surface area contributed by atoms with Crippen LogP contribution in [0.1, 0.15) is 59.5 Å². The minimum absolute atomic E-state index is 0.113. The standard InChI is InChI=1S/C23H29NOS/c1-17-7-5-6-8-20(17)21-13-14-24(15-16-26-21)22(25)18-9-11-19(12-10-18)23(2,3)4/h5-12,21H,13-16H2,1-4H3. The van der Waals surface area contributed by atoms with Crippen molar-refractivity contribution >= 4 is 17.7 Å². The first-order chi connectivity index (χ1) is 12.4. The number of benzene rings is 2. The third kappa shape index (κ3) is 4.32. The van der Waals surface area contributed by atoms with Gasteiger partial charge in [0, 0.05) is 29.7 Å². The van der Waals surface area contributed by atoms with Crippen molar-refractivity contribution in [3.8, 4) is 0 Å². The number of aryl methyl sites for hydroxylation is 1. The number of thioether (sulfide) groups is 1. The second-order valence-electron chi connectivity index (χ2n) is 8.12. The van der Waals surface area contributed by atoms with Gasteiger partial charge < -0.3 is 4.90 Å². The number of amides is 1. The van der Waals surface area contributed by atoms with E-state index in [0.29, 0.717) is 5.25 Å². The van der Waals surface area contributed by atoms with Crippen molar-refractivity contribution in [3.05, 3.63) is 70.8 Å². The molecule has 2 nitrogen and oxygen atoms in total. The van der Waals surface area contributed by atoms with Gasteiger partial charge in [-0.05, 0) is 47.6 Å². The quantitative estimate of drug-likeness (QED) is 0.687. The summed E-state index contributed by atoms with van der Waals surface area (Å²) in [6.07, 6.45) is 1.02. The Kier molecular flexibility index (Phi) is 5.76. The van der Waals surface area contributed by atoms with E-state index in [9.17, 15) is 4.79 Å². The second-order valence-corrected chi connectivity index (χ2v) is 9.43. The highest BCUT2D eigenvalue weighted by Crippen LogP contribution is 2.36. The van der Waals surface area contributed by atoms with Crippen molar-refractivity contribution < 1.29 is 4.79 Å². The molecule has 1 fully saturated rings. The van der Waals surface area contributed by atoms with Gasteiger partial charge in [-0.1, -0.05) is 57.2 Å². The van der Waals surface area contributed by atoms with Crippen molar-refractivity contribution in [3.63, 3.8) is 0 Å². The smallest absolute Gasteiger partial charge is 0.253 e. The molecule has 1 saturated heterocycles. The van der Waals surface area contributed by atoms with Crippen molar-refractivity contribution in [1.29, 1.82) is 0 Å². The highest BCUT2D eigenvalue weighted by molar-refractivity contribution is 7.99. The molecule has 0 aromatic heterocycles. The molecular weight excluding hydrogens is 338 g/mol. The van der Waals surface area contributed by atoms with Gasteiger partial charge in [0.05, 0.1) is 0 Å². The topological polar surface area (TPSA) is 20.3 Å². The Balaban J connectivity index is 1.69. The van der Waals surface area contributed by atoms with E-state index in [1.165, 1.54) is 16.7 Å². The molecule has 2 aromatic rings. The fourth-order valence-electron chi connectivity index (χ4n) is 3.47.